The van der Waals surface area contributed by atoms with Crippen molar-refractivity contribution in [3.63, 3.8) is 0 Å². The average Bonchev–Trinajstić information content (AvgIpc) is 3.15. The number of sulfonamides is 1. The Balaban J connectivity index is 2.01. The molecule has 1 atom stereocenters. The number of aryl methyl sites for hydroxylation is 1. The second-order valence-electron chi connectivity index (χ2n) is 5.83. The van der Waals surface area contributed by atoms with Crippen LogP contribution in [0.15, 0.2) is 64.9 Å². The van der Waals surface area contributed by atoms with Gasteiger partial charge in [0.2, 0.25) is 10.0 Å². The van der Waals surface area contributed by atoms with Gasteiger partial charge in [0, 0.05) is 16.5 Å². The van der Waals surface area contributed by atoms with Crippen LogP contribution in [0.5, 0.6) is 0 Å². The van der Waals surface area contributed by atoms with Crippen LogP contribution >= 0.6 is 11.3 Å². The minimum atomic E-state index is -4.06. The molecule has 0 aliphatic carbocycles. The molecule has 1 aromatic heterocycles. The van der Waals surface area contributed by atoms with Crippen LogP contribution in [0.2, 0.25) is 0 Å². The molecule has 140 valence electrons. The maximum absolute atomic E-state index is 13.3. The molecule has 1 N–H and O–H groups in total. The van der Waals surface area contributed by atoms with Crippen LogP contribution in [0.25, 0.3) is 0 Å². The fraction of sp³-hybridized carbons (Fsp3) is 0.111. The molecule has 1 heterocycles. The number of halogens is 1. The van der Waals surface area contributed by atoms with E-state index in [2.05, 4.69) is 4.72 Å². The number of benzene rings is 2. The summed E-state index contributed by atoms with van der Waals surface area (Å²) < 4.78 is 41.5. The standard InChI is InChI=1S/C18H15FN2O4S2/c1-12-4-9-15(11-16(12)21(22)23)27(24,25)20-18(17-3-2-10-26-17)13-5-7-14(19)8-6-13/h2-11,18,20H,1H3. The van der Waals surface area contributed by atoms with E-state index in [4.69, 9.17) is 0 Å². The van der Waals surface area contributed by atoms with Gasteiger partial charge in [-0.2, -0.15) is 4.72 Å². The molecule has 2 aromatic carbocycles. The predicted octanol–water partition coefficient (Wildman–Crippen LogP) is 4.17. The third kappa shape index (κ3) is 4.21. The minimum Gasteiger partial charge on any atom is -0.258 e. The van der Waals surface area contributed by atoms with E-state index < -0.39 is 26.8 Å². The highest BCUT2D eigenvalue weighted by molar-refractivity contribution is 7.89. The predicted molar refractivity (Wildman–Crippen MR) is 101 cm³/mol. The van der Waals surface area contributed by atoms with Crippen LogP contribution in [-0.2, 0) is 10.0 Å². The third-order valence-corrected chi connectivity index (χ3v) is 6.35. The Morgan fingerprint density at radius 2 is 1.85 bits per heavy atom. The molecule has 0 saturated heterocycles. The summed E-state index contributed by atoms with van der Waals surface area (Å²) in [5.74, 6) is -0.430. The molecular weight excluding hydrogens is 391 g/mol. The zero-order valence-electron chi connectivity index (χ0n) is 14.1. The highest BCUT2D eigenvalue weighted by Crippen LogP contribution is 2.29. The van der Waals surface area contributed by atoms with Gasteiger partial charge in [0.1, 0.15) is 5.82 Å². The molecule has 0 saturated carbocycles. The van der Waals surface area contributed by atoms with Crippen LogP contribution in [0.1, 0.15) is 22.0 Å². The molecule has 27 heavy (non-hydrogen) atoms. The van der Waals surface area contributed by atoms with E-state index in [-0.39, 0.29) is 10.6 Å². The largest absolute Gasteiger partial charge is 0.273 e. The molecule has 0 aliphatic heterocycles. The van der Waals surface area contributed by atoms with E-state index in [9.17, 15) is 22.9 Å². The van der Waals surface area contributed by atoms with Gasteiger partial charge < -0.3 is 0 Å². The van der Waals surface area contributed by atoms with Gasteiger partial charge in [-0.15, -0.1) is 11.3 Å². The fourth-order valence-electron chi connectivity index (χ4n) is 2.58. The Bertz CT molecular complexity index is 1070. The normalized spacial score (nSPS) is 12.7. The second kappa shape index (κ2) is 7.55. The first kappa shape index (κ1) is 19.2. The summed E-state index contributed by atoms with van der Waals surface area (Å²) in [7, 11) is -4.06. The lowest BCUT2D eigenvalue weighted by atomic mass is 10.1. The van der Waals surface area contributed by atoms with E-state index in [1.165, 1.54) is 54.7 Å². The molecule has 1 unspecified atom stereocenters. The topological polar surface area (TPSA) is 89.3 Å². The zero-order chi connectivity index (χ0) is 19.6. The molecule has 0 radical (unpaired) electrons. The molecule has 6 nitrogen and oxygen atoms in total. The van der Waals surface area contributed by atoms with Crippen LogP contribution in [0.4, 0.5) is 10.1 Å². The quantitative estimate of drug-likeness (QED) is 0.491. The molecule has 3 rings (SSSR count). The van der Waals surface area contributed by atoms with Crippen molar-refractivity contribution in [3.05, 3.63) is 91.9 Å². The lowest BCUT2D eigenvalue weighted by Gasteiger charge is -2.18. The molecule has 3 aromatic rings. The van der Waals surface area contributed by atoms with Crippen molar-refractivity contribution < 1.29 is 17.7 Å². The van der Waals surface area contributed by atoms with Gasteiger partial charge >= 0.3 is 0 Å². The van der Waals surface area contributed by atoms with E-state index in [0.29, 0.717) is 16.0 Å². The number of nitro groups is 1. The summed E-state index contributed by atoms with van der Waals surface area (Å²) in [4.78, 5) is 11.0. The fourth-order valence-corrected chi connectivity index (χ4v) is 4.68. The van der Waals surface area contributed by atoms with Gasteiger partial charge in [-0.25, -0.2) is 12.8 Å². The SMILES string of the molecule is Cc1ccc(S(=O)(=O)NC(c2ccc(F)cc2)c2cccs2)cc1[N+](=O)[O-]. The van der Waals surface area contributed by atoms with Crippen molar-refractivity contribution >= 4 is 27.0 Å². The number of thiophene rings is 1. The third-order valence-electron chi connectivity index (χ3n) is 3.99. The van der Waals surface area contributed by atoms with Gasteiger partial charge in [0.05, 0.1) is 15.9 Å². The second-order valence-corrected chi connectivity index (χ2v) is 8.52. The Labute approximate surface area is 159 Å². The Morgan fingerprint density at radius 3 is 2.44 bits per heavy atom. The highest BCUT2D eigenvalue weighted by atomic mass is 32.2. The summed E-state index contributed by atoms with van der Waals surface area (Å²) in [6, 6.07) is 12.1. The van der Waals surface area contributed by atoms with Crippen molar-refractivity contribution in [3.8, 4) is 0 Å². The number of nitrogens with one attached hydrogen (secondary N) is 1. The molecule has 9 heteroatoms. The Morgan fingerprint density at radius 1 is 1.15 bits per heavy atom. The van der Waals surface area contributed by atoms with Crippen molar-refractivity contribution in [2.45, 2.75) is 17.9 Å². The van der Waals surface area contributed by atoms with Crippen molar-refractivity contribution in [1.82, 2.24) is 4.72 Å². The Kier molecular flexibility index (Phi) is 5.36. The first-order valence-corrected chi connectivity index (χ1v) is 10.2. The van der Waals surface area contributed by atoms with Crippen LogP contribution in [0, 0.1) is 22.9 Å². The zero-order valence-corrected chi connectivity index (χ0v) is 15.8. The van der Waals surface area contributed by atoms with E-state index in [0.717, 1.165) is 6.07 Å². The smallest absolute Gasteiger partial charge is 0.258 e. The lowest BCUT2D eigenvalue weighted by molar-refractivity contribution is -0.385. The molecule has 0 bridgehead atoms. The summed E-state index contributed by atoms with van der Waals surface area (Å²) in [6.07, 6.45) is 0. The van der Waals surface area contributed by atoms with Crippen LogP contribution in [-0.4, -0.2) is 13.3 Å². The highest BCUT2D eigenvalue weighted by Gasteiger charge is 2.25. The van der Waals surface area contributed by atoms with E-state index in [1.807, 2.05) is 0 Å². The van der Waals surface area contributed by atoms with Gasteiger partial charge in [-0.05, 0) is 42.1 Å². The Hall–Kier alpha value is -2.62. The molecule has 0 spiro atoms. The molecular formula is C18H15FN2O4S2. The van der Waals surface area contributed by atoms with Crippen molar-refractivity contribution in [1.29, 1.82) is 0 Å². The summed E-state index contributed by atoms with van der Waals surface area (Å²) in [5.41, 5.74) is 0.656. The van der Waals surface area contributed by atoms with Crippen LogP contribution in [0.3, 0.4) is 0 Å². The van der Waals surface area contributed by atoms with Gasteiger partial charge in [-0.3, -0.25) is 10.1 Å². The first-order valence-electron chi connectivity index (χ1n) is 7.84. The molecule has 0 aliphatic rings. The minimum absolute atomic E-state index is 0.205. The van der Waals surface area contributed by atoms with Crippen molar-refractivity contribution in [2.24, 2.45) is 0 Å². The monoisotopic (exact) mass is 406 g/mol. The maximum atomic E-state index is 13.3. The first-order chi connectivity index (χ1) is 12.8. The van der Waals surface area contributed by atoms with Crippen LogP contribution < -0.4 is 4.72 Å². The molecule has 0 amide bonds. The number of nitro benzene ring substituents is 1. The number of nitrogens with zero attached hydrogens (tertiary/aromatic N) is 1. The van der Waals surface area contributed by atoms with Gasteiger partial charge in [-0.1, -0.05) is 24.3 Å². The van der Waals surface area contributed by atoms with E-state index in [1.54, 1.807) is 17.5 Å². The van der Waals surface area contributed by atoms with Crippen molar-refractivity contribution in [2.75, 3.05) is 0 Å². The summed E-state index contributed by atoms with van der Waals surface area (Å²) in [5, 5.41) is 12.9. The van der Waals surface area contributed by atoms with E-state index >= 15 is 0 Å². The number of hydrogen-bond donors (Lipinski definition) is 1. The number of rotatable bonds is 6. The number of hydrogen-bond acceptors (Lipinski definition) is 5. The lowest BCUT2D eigenvalue weighted by Crippen LogP contribution is -2.29. The maximum Gasteiger partial charge on any atom is 0.273 e. The van der Waals surface area contributed by atoms with Gasteiger partial charge in [0.15, 0.2) is 0 Å². The van der Waals surface area contributed by atoms with Gasteiger partial charge in [0.25, 0.3) is 5.69 Å². The summed E-state index contributed by atoms with van der Waals surface area (Å²) in [6.45, 7) is 1.54. The molecule has 0 fully saturated rings. The average molecular weight is 406 g/mol. The summed E-state index contributed by atoms with van der Waals surface area (Å²) >= 11 is 1.35.